The highest BCUT2D eigenvalue weighted by Gasteiger charge is 2.59. The molecule has 7 unspecified atom stereocenters. The van der Waals surface area contributed by atoms with Gasteiger partial charge in [0, 0.05) is 5.41 Å². The van der Waals surface area contributed by atoms with Crippen LogP contribution in [0.1, 0.15) is 64.4 Å². The topological polar surface area (TPSA) is 40.5 Å². The van der Waals surface area contributed by atoms with E-state index in [1.165, 1.54) is 23.1 Å². The molecular weight excluding hydrogens is 344 g/mol. The van der Waals surface area contributed by atoms with Gasteiger partial charge >= 0.3 is 0 Å². The van der Waals surface area contributed by atoms with Gasteiger partial charge in [0.15, 0.2) is 0 Å². The molecule has 28 heavy (non-hydrogen) atoms. The number of hydrogen-bond acceptors (Lipinski definition) is 2. The summed E-state index contributed by atoms with van der Waals surface area (Å²) in [6.45, 7) is 4.81. The lowest BCUT2D eigenvalue weighted by Crippen LogP contribution is -2.51. The number of aliphatic hydroxyl groups excluding tert-OH is 2. The van der Waals surface area contributed by atoms with Gasteiger partial charge in [-0.2, -0.15) is 0 Å². The van der Waals surface area contributed by atoms with Crippen LogP contribution >= 0.6 is 0 Å². The van der Waals surface area contributed by atoms with Gasteiger partial charge in [-0.1, -0.05) is 61.9 Å². The van der Waals surface area contributed by atoms with E-state index < -0.39 is 0 Å². The summed E-state index contributed by atoms with van der Waals surface area (Å²) in [5, 5.41) is 21.5. The first-order chi connectivity index (χ1) is 13.4. The normalized spacial score (nSPS) is 46.5. The quantitative estimate of drug-likeness (QED) is 0.646. The lowest BCUT2D eigenvalue weighted by molar-refractivity contribution is -0.0685. The van der Waals surface area contributed by atoms with Crippen molar-refractivity contribution in [3.05, 3.63) is 53.1 Å². The molecule has 0 amide bonds. The maximum absolute atomic E-state index is 11.3. The second-order valence-corrected chi connectivity index (χ2v) is 10.4. The highest BCUT2D eigenvalue weighted by atomic mass is 16.3. The molecule has 2 heteroatoms. The summed E-state index contributed by atoms with van der Waals surface area (Å²) in [7, 11) is 0. The average Bonchev–Trinajstić information content (AvgIpc) is 2.94. The molecule has 2 nitrogen and oxygen atoms in total. The molecule has 1 aromatic rings. The molecular formula is C26H34O2. The highest BCUT2D eigenvalue weighted by Crippen LogP contribution is 2.65. The minimum absolute atomic E-state index is 0.0116. The number of hydrogen-bond donors (Lipinski definition) is 2. The van der Waals surface area contributed by atoms with Gasteiger partial charge in [0.05, 0.1) is 12.2 Å². The Morgan fingerprint density at radius 2 is 1.75 bits per heavy atom. The summed E-state index contributed by atoms with van der Waals surface area (Å²) in [4.78, 5) is 0. The van der Waals surface area contributed by atoms with Gasteiger partial charge in [-0.15, -0.1) is 0 Å². The molecule has 150 valence electrons. The molecule has 1 aromatic carbocycles. The second-order valence-electron chi connectivity index (χ2n) is 10.4. The molecule has 5 rings (SSSR count). The first kappa shape index (κ1) is 18.6. The molecule has 2 N–H and O–H groups in total. The third kappa shape index (κ3) is 2.68. The number of benzene rings is 1. The Kier molecular flexibility index (Phi) is 4.37. The van der Waals surface area contributed by atoms with Crippen LogP contribution in [-0.4, -0.2) is 22.4 Å². The summed E-state index contributed by atoms with van der Waals surface area (Å²) < 4.78 is 0. The van der Waals surface area contributed by atoms with Crippen LogP contribution < -0.4 is 0 Å². The number of rotatable bonds is 1. The number of fused-ring (bicyclic) bond motifs is 5. The third-order valence-corrected chi connectivity index (χ3v) is 9.10. The zero-order chi connectivity index (χ0) is 19.5. The first-order valence-corrected chi connectivity index (χ1v) is 11.2. The predicted octanol–water partition coefficient (Wildman–Crippen LogP) is 5.36. The summed E-state index contributed by atoms with van der Waals surface area (Å²) in [6.07, 6.45) is 11.7. The SMILES string of the molecule is CC12CCC(O)CC1=CCC1C2CCC2(C)C(O)/C(=C\c3ccccc3)CC12. The standard InChI is InChI=1S/C26H34O2/c1-25-12-10-20(27)16-19(25)8-9-21-22(25)11-13-26(2)23(21)15-18(24(26)28)14-17-6-4-3-5-7-17/h3-8,14,20-24,27-28H,9-13,15-16H2,1-2H3/b18-14-. The molecule has 3 fully saturated rings. The zero-order valence-electron chi connectivity index (χ0n) is 17.3. The van der Waals surface area contributed by atoms with E-state index in [2.05, 4.69) is 50.3 Å². The van der Waals surface area contributed by atoms with Crippen molar-refractivity contribution >= 4 is 6.08 Å². The molecule has 4 aliphatic carbocycles. The summed E-state index contributed by atoms with van der Waals surface area (Å²) in [5.41, 5.74) is 4.24. The first-order valence-electron chi connectivity index (χ1n) is 11.2. The van der Waals surface area contributed by atoms with Gasteiger partial charge in [0.25, 0.3) is 0 Å². The van der Waals surface area contributed by atoms with E-state index in [1.54, 1.807) is 0 Å². The third-order valence-electron chi connectivity index (χ3n) is 9.10. The fourth-order valence-electron chi connectivity index (χ4n) is 7.40. The van der Waals surface area contributed by atoms with Crippen LogP contribution in [0.5, 0.6) is 0 Å². The Balaban J connectivity index is 1.47. The van der Waals surface area contributed by atoms with Crippen molar-refractivity contribution in [2.45, 2.75) is 71.0 Å². The molecule has 0 heterocycles. The Labute approximate surface area is 169 Å². The van der Waals surface area contributed by atoms with Crippen molar-refractivity contribution in [2.24, 2.45) is 28.6 Å². The van der Waals surface area contributed by atoms with Crippen LogP contribution in [0.25, 0.3) is 6.08 Å². The van der Waals surface area contributed by atoms with Crippen LogP contribution in [0.4, 0.5) is 0 Å². The van der Waals surface area contributed by atoms with E-state index in [-0.39, 0.29) is 23.0 Å². The minimum atomic E-state index is -0.315. The number of aliphatic hydroxyl groups is 2. The van der Waals surface area contributed by atoms with E-state index in [9.17, 15) is 10.2 Å². The number of allylic oxidation sites excluding steroid dienone is 1. The van der Waals surface area contributed by atoms with Gasteiger partial charge in [-0.25, -0.2) is 0 Å². The molecule has 0 aromatic heterocycles. The van der Waals surface area contributed by atoms with E-state index in [4.69, 9.17) is 0 Å². The highest BCUT2D eigenvalue weighted by molar-refractivity contribution is 5.55. The van der Waals surface area contributed by atoms with Gasteiger partial charge in [-0.05, 0) is 79.3 Å². The Bertz CT molecular complexity index is 809. The summed E-state index contributed by atoms with van der Waals surface area (Å²) in [5.74, 6) is 1.94. The largest absolute Gasteiger partial charge is 0.393 e. The molecule has 3 saturated carbocycles. The van der Waals surface area contributed by atoms with Crippen molar-refractivity contribution in [3.63, 3.8) is 0 Å². The maximum atomic E-state index is 11.3. The van der Waals surface area contributed by atoms with Crippen molar-refractivity contribution in [2.75, 3.05) is 0 Å². The molecule has 4 aliphatic rings. The van der Waals surface area contributed by atoms with Crippen LogP contribution in [0, 0.1) is 28.6 Å². The summed E-state index contributed by atoms with van der Waals surface area (Å²) in [6, 6.07) is 10.5. The Morgan fingerprint density at radius 1 is 0.964 bits per heavy atom. The molecule has 0 aliphatic heterocycles. The maximum Gasteiger partial charge on any atom is 0.0809 e. The smallest absolute Gasteiger partial charge is 0.0809 e. The van der Waals surface area contributed by atoms with Crippen LogP contribution in [0.2, 0.25) is 0 Å². The molecule has 0 spiro atoms. The second kappa shape index (κ2) is 6.57. The minimum Gasteiger partial charge on any atom is -0.393 e. The zero-order valence-corrected chi connectivity index (χ0v) is 17.3. The van der Waals surface area contributed by atoms with Crippen molar-refractivity contribution < 1.29 is 10.2 Å². The molecule has 7 atom stereocenters. The van der Waals surface area contributed by atoms with Gasteiger partial charge in [-0.3, -0.25) is 0 Å². The van der Waals surface area contributed by atoms with Crippen LogP contribution in [0.15, 0.2) is 47.6 Å². The van der Waals surface area contributed by atoms with Crippen molar-refractivity contribution in [1.82, 2.24) is 0 Å². The molecule has 0 bridgehead atoms. The average molecular weight is 379 g/mol. The van der Waals surface area contributed by atoms with E-state index in [1.807, 2.05) is 6.07 Å². The Morgan fingerprint density at radius 3 is 2.54 bits per heavy atom. The van der Waals surface area contributed by atoms with Gasteiger partial charge in [0.2, 0.25) is 0 Å². The fourth-order valence-corrected chi connectivity index (χ4v) is 7.40. The lowest BCUT2D eigenvalue weighted by Gasteiger charge is -2.57. The molecule has 0 saturated heterocycles. The predicted molar refractivity (Wildman–Crippen MR) is 114 cm³/mol. The van der Waals surface area contributed by atoms with Crippen LogP contribution in [0.3, 0.4) is 0 Å². The van der Waals surface area contributed by atoms with E-state index in [0.29, 0.717) is 17.8 Å². The van der Waals surface area contributed by atoms with E-state index >= 15 is 0 Å². The summed E-state index contributed by atoms with van der Waals surface area (Å²) >= 11 is 0. The molecule has 0 radical (unpaired) electrons. The van der Waals surface area contributed by atoms with E-state index in [0.717, 1.165) is 38.5 Å². The van der Waals surface area contributed by atoms with Gasteiger partial charge < -0.3 is 10.2 Å². The van der Waals surface area contributed by atoms with Crippen LogP contribution in [-0.2, 0) is 0 Å². The Hall–Kier alpha value is -1.38. The fraction of sp³-hybridized carbons (Fsp3) is 0.615. The lowest BCUT2D eigenvalue weighted by atomic mass is 9.48. The van der Waals surface area contributed by atoms with Crippen molar-refractivity contribution in [3.8, 4) is 0 Å². The van der Waals surface area contributed by atoms with Gasteiger partial charge in [0.1, 0.15) is 0 Å². The monoisotopic (exact) mass is 378 g/mol. The van der Waals surface area contributed by atoms with Crippen molar-refractivity contribution in [1.29, 1.82) is 0 Å².